The third-order valence-corrected chi connectivity index (χ3v) is 6.17. The van der Waals surface area contributed by atoms with Crippen molar-refractivity contribution in [1.29, 1.82) is 5.26 Å². The Labute approximate surface area is 130 Å². The van der Waals surface area contributed by atoms with E-state index < -0.39 is 10.0 Å². The maximum atomic E-state index is 13.1. The number of nitrogens with zero attached hydrogens (tertiary/aromatic N) is 3. The Bertz CT molecular complexity index is 698. The van der Waals surface area contributed by atoms with Gasteiger partial charge in [-0.15, -0.1) is 0 Å². The second-order valence-electron chi connectivity index (χ2n) is 5.96. The average Bonchev–Trinajstić information content (AvgIpc) is 2.78. The first-order valence-corrected chi connectivity index (χ1v) is 8.73. The molecule has 2 aliphatic heterocycles. The van der Waals surface area contributed by atoms with Crippen LogP contribution in [0.15, 0.2) is 29.2 Å². The maximum absolute atomic E-state index is 13.1. The summed E-state index contributed by atoms with van der Waals surface area (Å²) in [7, 11) is -1.70. The molecule has 1 aromatic rings. The van der Waals surface area contributed by atoms with E-state index in [4.69, 9.17) is 4.74 Å². The molecule has 2 saturated heterocycles. The molecule has 0 amide bonds. The van der Waals surface area contributed by atoms with Gasteiger partial charge in [-0.05, 0) is 19.2 Å². The second-order valence-corrected chi connectivity index (χ2v) is 7.82. The third-order valence-electron chi connectivity index (χ3n) is 4.20. The van der Waals surface area contributed by atoms with Gasteiger partial charge in [-0.1, -0.05) is 12.1 Å². The van der Waals surface area contributed by atoms with Gasteiger partial charge < -0.3 is 9.64 Å². The van der Waals surface area contributed by atoms with E-state index in [-0.39, 0.29) is 22.4 Å². The summed E-state index contributed by atoms with van der Waals surface area (Å²) in [6, 6.07) is 8.14. The first kappa shape index (κ1) is 15.4. The van der Waals surface area contributed by atoms with Crippen LogP contribution >= 0.6 is 0 Å². The van der Waals surface area contributed by atoms with Crippen LogP contribution in [0.3, 0.4) is 0 Å². The summed E-state index contributed by atoms with van der Waals surface area (Å²) in [5.41, 5.74) is 0.190. The van der Waals surface area contributed by atoms with Crippen LogP contribution in [0.4, 0.5) is 0 Å². The van der Waals surface area contributed by atoms with E-state index in [0.717, 1.165) is 6.54 Å². The number of nitriles is 1. The molecule has 2 bridgehead atoms. The lowest BCUT2D eigenvalue weighted by Gasteiger charge is -2.29. The molecule has 0 radical (unpaired) electrons. The molecule has 7 heteroatoms. The molecule has 0 aliphatic carbocycles. The van der Waals surface area contributed by atoms with E-state index >= 15 is 0 Å². The fourth-order valence-electron chi connectivity index (χ4n) is 3.24. The molecular weight excluding hydrogens is 302 g/mol. The normalized spacial score (nSPS) is 27.1. The number of sulfonamides is 1. The molecule has 2 fully saturated rings. The summed E-state index contributed by atoms with van der Waals surface area (Å²) in [5.74, 6) is 0.154. The highest BCUT2D eigenvalue weighted by molar-refractivity contribution is 7.89. The topological polar surface area (TPSA) is 73.6 Å². The van der Waals surface area contributed by atoms with Crippen molar-refractivity contribution < 1.29 is 13.2 Å². The van der Waals surface area contributed by atoms with Crippen molar-refractivity contribution in [1.82, 2.24) is 9.21 Å². The summed E-state index contributed by atoms with van der Waals surface area (Å²) in [4.78, 5) is 2.25. The Morgan fingerprint density at radius 3 is 2.77 bits per heavy atom. The standard InChI is InChI=1S/C15H19N3O3S/c1-17-7-12-8-18(14(9-17)11-21-10-12)22(19,20)15-5-3-2-4-13(15)6-16/h2-5,12,14H,7-11H2,1H3/t12-,14-/m0/s1. The molecule has 3 rings (SSSR count). The summed E-state index contributed by atoms with van der Waals surface area (Å²) < 4.78 is 33.3. The molecule has 2 atom stereocenters. The van der Waals surface area contributed by atoms with Gasteiger partial charge in [0.15, 0.2) is 0 Å². The van der Waals surface area contributed by atoms with Crippen molar-refractivity contribution in [2.24, 2.45) is 5.92 Å². The molecule has 0 aromatic heterocycles. The minimum atomic E-state index is -3.70. The van der Waals surface area contributed by atoms with Crippen molar-refractivity contribution in [3.8, 4) is 6.07 Å². The van der Waals surface area contributed by atoms with Gasteiger partial charge in [-0.3, -0.25) is 0 Å². The molecule has 0 saturated carbocycles. The van der Waals surface area contributed by atoms with Crippen molar-refractivity contribution in [2.45, 2.75) is 10.9 Å². The van der Waals surface area contributed by atoms with E-state index in [0.29, 0.717) is 26.3 Å². The van der Waals surface area contributed by atoms with Gasteiger partial charge in [-0.2, -0.15) is 9.57 Å². The predicted molar refractivity (Wildman–Crippen MR) is 80.6 cm³/mol. The van der Waals surface area contributed by atoms with Gasteiger partial charge in [0.2, 0.25) is 10.0 Å². The Balaban J connectivity index is 2.03. The Morgan fingerprint density at radius 1 is 1.23 bits per heavy atom. The largest absolute Gasteiger partial charge is 0.379 e. The van der Waals surface area contributed by atoms with Gasteiger partial charge in [-0.25, -0.2) is 8.42 Å². The van der Waals surface area contributed by atoms with Crippen molar-refractivity contribution >= 4 is 10.0 Å². The summed E-state index contributed by atoms with van der Waals surface area (Å²) in [6.45, 7) is 2.88. The van der Waals surface area contributed by atoms with Crippen LogP contribution in [-0.2, 0) is 14.8 Å². The number of rotatable bonds is 2. The zero-order valence-electron chi connectivity index (χ0n) is 12.5. The second kappa shape index (κ2) is 5.97. The Kier molecular flexibility index (Phi) is 4.19. The van der Waals surface area contributed by atoms with Crippen LogP contribution in [0.25, 0.3) is 0 Å². The smallest absolute Gasteiger partial charge is 0.244 e. The predicted octanol–water partition coefficient (Wildman–Crippen LogP) is 0.509. The highest BCUT2D eigenvalue weighted by Gasteiger charge is 2.39. The van der Waals surface area contributed by atoms with Crippen LogP contribution in [0.5, 0.6) is 0 Å². The lowest BCUT2D eigenvalue weighted by molar-refractivity contribution is 0.0659. The zero-order valence-corrected chi connectivity index (χ0v) is 13.3. The lowest BCUT2D eigenvalue weighted by Crippen LogP contribution is -2.46. The molecule has 0 unspecified atom stereocenters. The van der Waals surface area contributed by atoms with Crippen LogP contribution in [0.2, 0.25) is 0 Å². The number of hydrogen-bond donors (Lipinski definition) is 0. The van der Waals surface area contributed by atoms with Gasteiger partial charge in [0.05, 0.1) is 29.7 Å². The van der Waals surface area contributed by atoms with Crippen molar-refractivity contribution in [2.75, 3.05) is 39.9 Å². The van der Waals surface area contributed by atoms with Gasteiger partial charge in [0, 0.05) is 25.6 Å². The summed E-state index contributed by atoms with van der Waals surface area (Å²) >= 11 is 0. The highest BCUT2D eigenvalue weighted by atomic mass is 32.2. The van der Waals surface area contributed by atoms with E-state index in [1.807, 2.05) is 13.1 Å². The molecule has 0 spiro atoms. The number of hydrogen-bond acceptors (Lipinski definition) is 5. The van der Waals surface area contributed by atoms with E-state index in [2.05, 4.69) is 4.90 Å². The van der Waals surface area contributed by atoms with Crippen molar-refractivity contribution in [3.63, 3.8) is 0 Å². The fraction of sp³-hybridized carbons (Fsp3) is 0.533. The number of fused-ring (bicyclic) bond motifs is 3. The van der Waals surface area contributed by atoms with Crippen molar-refractivity contribution in [3.05, 3.63) is 29.8 Å². The Morgan fingerprint density at radius 2 is 2.00 bits per heavy atom. The first-order valence-electron chi connectivity index (χ1n) is 7.29. The molecule has 0 N–H and O–H groups in total. The monoisotopic (exact) mass is 321 g/mol. The lowest BCUT2D eigenvalue weighted by atomic mass is 10.1. The van der Waals surface area contributed by atoms with E-state index in [1.165, 1.54) is 10.4 Å². The molecule has 118 valence electrons. The maximum Gasteiger partial charge on any atom is 0.244 e. The summed E-state index contributed by atoms with van der Waals surface area (Å²) in [5, 5.41) is 9.20. The average molecular weight is 321 g/mol. The number of benzene rings is 1. The zero-order chi connectivity index (χ0) is 15.7. The molecule has 2 heterocycles. The summed E-state index contributed by atoms with van der Waals surface area (Å²) in [6.07, 6.45) is 0. The molecular formula is C15H19N3O3S. The SMILES string of the molecule is CN1C[C@@H]2COC[C@H](C1)N(S(=O)(=O)c1ccccc1C#N)C2. The Hall–Kier alpha value is -1.46. The van der Waals surface area contributed by atoms with E-state index in [9.17, 15) is 13.7 Å². The van der Waals surface area contributed by atoms with Gasteiger partial charge in [0.1, 0.15) is 6.07 Å². The molecule has 1 aromatic carbocycles. The first-order chi connectivity index (χ1) is 10.5. The van der Waals surface area contributed by atoms with Gasteiger partial charge >= 0.3 is 0 Å². The van der Waals surface area contributed by atoms with Crippen LogP contribution in [0.1, 0.15) is 5.56 Å². The minimum Gasteiger partial charge on any atom is -0.379 e. The quantitative estimate of drug-likeness (QED) is 0.793. The van der Waals surface area contributed by atoms with Crippen LogP contribution in [0, 0.1) is 17.2 Å². The minimum absolute atomic E-state index is 0.0905. The number of ether oxygens (including phenoxy) is 1. The van der Waals surface area contributed by atoms with Crippen LogP contribution in [-0.4, -0.2) is 63.6 Å². The third kappa shape index (κ3) is 2.75. The molecule has 2 aliphatic rings. The number of likely N-dealkylation sites (N-methyl/N-ethyl adjacent to an activating group) is 1. The highest BCUT2D eigenvalue weighted by Crippen LogP contribution is 2.27. The van der Waals surface area contributed by atoms with Gasteiger partial charge in [0.25, 0.3) is 0 Å². The molecule has 22 heavy (non-hydrogen) atoms. The molecule has 6 nitrogen and oxygen atoms in total. The van der Waals surface area contributed by atoms with E-state index in [1.54, 1.807) is 18.2 Å². The van der Waals surface area contributed by atoms with Crippen LogP contribution < -0.4 is 0 Å². The fourth-order valence-corrected chi connectivity index (χ4v) is 5.07.